The second-order valence-corrected chi connectivity index (χ2v) is 10.4. The molecule has 1 saturated heterocycles. The molecule has 3 aromatic rings. The minimum atomic E-state index is -0.0401. The maximum absolute atomic E-state index is 13.2. The molecule has 2 aromatic carbocycles. The summed E-state index contributed by atoms with van der Waals surface area (Å²) >= 11 is 13.3. The summed E-state index contributed by atoms with van der Waals surface area (Å²) in [5.74, 6) is 0.556. The number of methoxy groups -OCH3 is 1. The molecule has 0 radical (unpaired) electrons. The van der Waals surface area contributed by atoms with Crippen molar-refractivity contribution < 1.29 is 9.53 Å². The number of unbranched alkanes of at least 4 members (excludes halogenated alkanes) is 4. The quantitative estimate of drug-likeness (QED) is 0.157. The molecular formula is C27H28ClN3O2S2. The van der Waals surface area contributed by atoms with Crippen molar-refractivity contribution in [3.63, 3.8) is 0 Å². The molecule has 1 aromatic heterocycles. The maximum atomic E-state index is 13.2. The van der Waals surface area contributed by atoms with E-state index in [0.29, 0.717) is 26.5 Å². The van der Waals surface area contributed by atoms with Crippen LogP contribution in [0.3, 0.4) is 0 Å². The SMILES string of the molecule is CCCCCCCN1C(=O)/C(=C/c2cn(-c3ccccc3)nc2-c2ccc(OC)c(Cl)c2)SC1=S. The van der Waals surface area contributed by atoms with Gasteiger partial charge in [0.25, 0.3) is 5.91 Å². The van der Waals surface area contributed by atoms with E-state index in [9.17, 15) is 4.79 Å². The lowest BCUT2D eigenvalue weighted by molar-refractivity contribution is -0.122. The van der Waals surface area contributed by atoms with Crippen LogP contribution >= 0.6 is 35.6 Å². The van der Waals surface area contributed by atoms with Gasteiger partial charge < -0.3 is 4.74 Å². The summed E-state index contributed by atoms with van der Waals surface area (Å²) in [5, 5.41) is 5.34. The second-order valence-electron chi connectivity index (χ2n) is 8.31. The monoisotopic (exact) mass is 525 g/mol. The van der Waals surface area contributed by atoms with E-state index in [-0.39, 0.29) is 5.91 Å². The zero-order valence-corrected chi connectivity index (χ0v) is 22.3. The van der Waals surface area contributed by atoms with Gasteiger partial charge in [-0.05, 0) is 42.8 Å². The van der Waals surface area contributed by atoms with Gasteiger partial charge in [-0.3, -0.25) is 9.69 Å². The first-order valence-corrected chi connectivity index (χ1v) is 13.4. The van der Waals surface area contributed by atoms with E-state index in [4.69, 9.17) is 33.7 Å². The Bertz CT molecular complexity index is 1240. The zero-order chi connectivity index (χ0) is 24.8. The van der Waals surface area contributed by atoms with Crippen LogP contribution in [0.4, 0.5) is 0 Å². The van der Waals surface area contributed by atoms with Crippen molar-refractivity contribution in [2.24, 2.45) is 0 Å². The highest BCUT2D eigenvalue weighted by molar-refractivity contribution is 8.26. The summed E-state index contributed by atoms with van der Waals surface area (Å²) in [4.78, 5) is 15.5. The Morgan fingerprint density at radius 3 is 2.60 bits per heavy atom. The summed E-state index contributed by atoms with van der Waals surface area (Å²) in [6.07, 6.45) is 9.49. The molecular weight excluding hydrogens is 498 g/mol. The lowest BCUT2D eigenvalue weighted by atomic mass is 10.1. The van der Waals surface area contributed by atoms with Gasteiger partial charge in [0.05, 0.1) is 22.7 Å². The second kappa shape index (κ2) is 11.9. The van der Waals surface area contributed by atoms with E-state index in [1.54, 1.807) is 12.0 Å². The molecule has 0 bridgehead atoms. The minimum absolute atomic E-state index is 0.0401. The number of nitrogens with zero attached hydrogens (tertiary/aromatic N) is 3. The van der Waals surface area contributed by atoms with Gasteiger partial charge in [-0.1, -0.05) is 86.4 Å². The summed E-state index contributed by atoms with van der Waals surface area (Å²) in [6.45, 7) is 2.86. The fraction of sp³-hybridized carbons (Fsp3) is 0.296. The summed E-state index contributed by atoms with van der Waals surface area (Å²) in [5.41, 5.74) is 3.30. The summed E-state index contributed by atoms with van der Waals surface area (Å²) < 4.78 is 7.73. The van der Waals surface area contributed by atoms with Crippen LogP contribution in [0.2, 0.25) is 5.02 Å². The van der Waals surface area contributed by atoms with Crippen molar-refractivity contribution in [3.8, 4) is 22.7 Å². The molecule has 182 valence electrons. The van der Waals surface area contributed by atoms with E-state index in [1.807, 2.05) is 65.5 Å². The third-order valence-electron chi connectivity index (χ3n) is 5.83. The first-order chi connectivity index (χ1) is 17.0. The maximum Gasteiger partial charge on any atom is 0.266 e. The van der Waals surface area contributed by atoms with Crippen LogP contribution < -0.4 is 4.74 Å². The van der Waals surface area contributed by atoms with Crippen LogP contribution in [-0.4, -0.2) is 38.6 Å². The number of carbonyl (C=O) groups is 1. The van der Waals surface area contributed by atoms with Crippen LogP contribution in [0, 0.1) is 0 Å². The molecule has 0 unspecified atom stereocenters. The molecule has 8 heteroatoms. The van der Waals surface area contributed by atoms with Crippen LogP contribution in [-0.2, 0) is 4.79 Å². The third-order valence-corrected chi connectivity index (χ3v) is 7.51. The molecule has 1 amide bonds. The number of ether oxygens (including phenoxy) is 1. The number of aromatic nitrogens is 2. The predicted octanol–water partition coefficient (Wildman–Crippen LogP) is 7.37. The summed E-state index contributed by atoms with van der Waals surface area (Å²) in [6, 6.07) is 15.4. The number of benzene rings is 2. The van der Waals surface area contributed by atoms with E-state index in [2.05, 4.69) is 6.92 Å². The number of para-hydroxylation sites is 1. The highest BCUT2D eigenvalue weighted by Gasteiger charge is 2.32. The molecule has 2 heterocycles. The fourth-order valence-electron chi connectivity index (χ4n) is 3.95. The Hall–Kier alpha value is -2.61. The number of thioether (sulfide) groups is 1. The van der Waals surface area contributed by atoms with Crippen molar-refractivity contribution >= 4 is 51.9 Å². The zero-order valence-electron chi connectivity index (χ0n) is 19.9. The third kappa shape index (κ3) is 5.97. The Labute approximate surface area is 221 Å². The smallest absolute Gasteiger partial charge is 0.266 e. The van der Waals surface area contributed by atoms with Gasteiger partial charge in [0, 0.05) is 23.9 Å². The Kier molecular flexibility index (Phi) is 8.65. The first kappa shape index (κ1) is 25.5. The van der Waals surface area contributed by atoms with Gasteiger partial charge in [0.1, 0.15) is 15.8 Å². The van der Waals surface area contributed by atoms with Crippen molar-refractivity contribution in [2.45, 2.75) is 39.0 Å². The molecule has 1 aliphatic heterocycles. The molecule has 0 N–H and O–H groups in total. The fourth-order valence-corrected chi connectivity index (χ4v) is 5.51. The molecule has 1 aliphatic rings. The first-order valence-electron chi connectivity index (χ1n) is 11.8. The van der Waals surface area contributed by atoms with Gasteiger partial charge in [-0.2, -0.15) is 5.10 Å². The predicted molar refractivity (Wildman–Crippen MR) is 149 cm³/mol. The van der Waals surface area contributed by atoms with Crippen molar-refractivity contribution in [2.75, 3.05) is 13.7 Å². The van der Waals surface area contributed by atoms with E-state index in [1.165, 1.54) is 31.0 Å². The number of rotatable bonds is 10. The van der Waals surface area contributed by atoms with Gasteiger partial charge >= 0.3 is 0 Å². The van der Waals surface area contributed by atoms with Gasteiger partial charge in [0.15, 0.2) is 0 Å². The van der Waals surface area contributed by atoms with Gasteiger partial charge in [-0.25, -0.2) is 4.68 Å². The summed E-state index contributed by atoms with van der Waals surface area (Å²) in [7, 11) is 1.59. The molecule has 1 fully saturated rings. The van der Waals surface area contributed by atoms with Crippen LogP contribution in [0.1, 0.15) is 44.6 Å². The highest BCUT2D eigenvalue weighted by atomic mass is 35.5. The number of hydrogen-bond acceptors (Lipinski definition) is 5. The number of thiocarbonyl (C=S) groups is 1. The van der Waals surface area contributed by atoms with E-state index in [0.717, 1.165) is 35.3 Å². The number of halogens is 1. The number of hydrogen-bond donors (Lipinski definition) is 0. The highest BCUT2D eigenvalue weighted by Crippen LogP contribution is 2.36. The van der Waals surface area contributed by atoms with Gasteiger partial charge in [0.2, 0.25) is 0 Å². The molecule has 5 nitrogen and oxygen atoms in total. The van der Waals surface area contributed by atoms with Crippen LogP contribution in [0.15, 0.2) is 59.6 Å². The van der Waals surface area contributed by atoms with E-state index < -0.39 is 0 Å². The molecule has 0 aliphatic carbocycles. The molecule has 4 rings (SSSR count). The minimum Gasteiger partial charge on any atom is -0.495 e. The average molecular weight is 526 g/mol. The molecule has 0 atom stereocenters. The van der Waals surface area contributed by atoms with Crippen molar-refractivity contribution in [3.05, 3.63) is 70.2 Å². The largest absolute Gasteiger partial charge is 0.495 e. The number of carbonyl (C=O) groups excluding carboxylic acids is 1. The number of amides is 1. The average Bonchev–Trinajstić information content (AvgIpc) is 3.40. The molecule has 0 spiro atoms. The van der Waals surface area contributed by atoms with Crippen LogP contribution in [0.25, 0.3) is 23.0 Å². The molecule has 35 heavy (non-hydrogen) atoms. The molecule has 0 saturated carbocycles. The Morgan fingerprint density at radius 2 is 1.89 bits per heavy atom. The lowest BCUT2D eigenvalue weighted by Gasteiger charge is -2.13. The van der Waals surface area contributed by atoms with Crippen molar-refractivity contribution in [1.82, 2.24) is 14.7 Å². The lowest BCUT2D eigenvalue weighted by Crippen LogP contribution is -2.29. The topological polar surface area (TPSA) is 47.4 Å². The Morgan fingerprint density at radius 1 is 1.11 bits per heavy atom. The Balaban J connectivity index is 1.65. The van der Waals surface area contributed by atoms with Crippen LogP contribution in [0.5, 0.6) is 5.75 Å². The van der Waals surface area contributed by atoms with Crippen molar-refractivity contribution in [1.29, 1.82) is 0 Å². The standard InChI is InChI=1S/C27H28ClN3O2S2/c1-3-4-5-6-10-15-30-26(32)24(35-27(30)34)17-20-18-31(21-11-8-7-9-12-21)29-25(20)19-13-14-23(33-2)22(28)16-19/h7-9,11-14,16-18H,3-6,10,15H2,1-2H3/b24-17-. The van der Waals surface area contributed by atoms with Gasteiger partial charge in [-0.15, -0.1) is 0 Å². The normalized spacial score (nSPS) is 14.8. The van der Waals surface area contributed by atoms with E-state index >= 15 is 0 Å².